The van der Waals surface area contributed by atoms with Gasteiger partial charge in [-0.3, -0.25) is 0 Å². The van der Waals surface area contributed by atoms with Gasteiger partial charge in [0.25, 0.3) is 0 Å². The topological polar surface area (TPSA) is 25.8 Å². The quantitative estimate of drug-likeness (QED) is 0.758. The fourth-order valence-corrected chi connectivity index (χ4v) is 2.56. The van der Waals surface area contributed by atoms with Gasteiger partial charge in [0, 0.05) is 11.0 Å². The molecule has 0 aliphatic heterocycles. The summed E-state index contributed by atoms with van der Waals surface area (Å²) < 4.78 is 37.7. The number of hydrogen-bond acceptors (Lipinski definition) is 3. The highest BCUT2D eigenvalue weighted by molar-refractivity contribution is 7.99. The lowest BCUT2D eigenvalue weighted by atomic mass is 10.2. The highest BCUT2D eigenvalue weighted by atomic mass is 35.5. The third-order valence-corrected chi connectivity index (χ3v) is 3.24. The average Bonchev–Trinajstić information content (AvgIpc) is 2.26. The fourth-order valence-electron chi connectivity index (χ4n) is 1.38. The summed E-state index contributed by atoms with van der Waals surface area (Å²) in [7, 11) is 0. The molecular formula is C12H8ClF3N2S. The van der Waals surface area contributed by atoms with E-state index in [1.54, 1.807) is 6.07 Å². The molecule has 0 saturated heterocycles. The van der Waals surface area contributed by atoms with E-state index in [-0.39, 0.29) is 10.2 Å². The molecule has 0 N–H and O–H groups in total. The summed E-state index contributed by atoms with van der Waals surface area (Å²) in [4.78, 5) is 7.45. The smallest absolute Gasteiger partial charge is 0.217 e. The average molecular weight is 305 g/mol. The third-order valence-electron chi connectivity index (χ3n) is 2.14. The molecule has 0 fully saturated rings. The molecule has 2 rings (SSSR count). The first kappa shape index (κ1) is 14.1. The minimum atomic E-state index is -4.60. The molecule has 2 nitrogen and oxygen atoms in total. The van der Waals surface area contributed by atoms with E-state index in [9.17, 15) is 13.2 Å². The Bertz CT molecular complexity index is 602. The molecule has 19 heavy (non-hydrogen) atoms. The van der Waals surface area contributed by atoms with Crippen molar-refractivity contribution in [2.24, 2.45) is 0 Å². The van der Waals surface area contributed by atoms with Crippen molar-refractivity contribution in [3.63, 3.8) is 0 Å². The Labute approximate surface area is 117 Å². The van der Waals surface area contributed by atoms with Crippen molar-refractivity contribution >= 4 is 23.4 Å². The second-order valence-corrected chi connectivity index (χ2v) is 5.25. The lowest BCUT2D eigenvalue weighted by Crippen LogP contribution is -2.11. The van der Waals surface area contributed by atoms with Crippen LogP contribution in [0.4, 0.5) is 13.2 Å². The zero-order valence-corrected chi connectivity index (χ0v) is 11.3. The Morgan fingerprint density at radius 1 is 1.16 bits per heavy atom. The molecule has 0 unspecified atom stereocenters. The van der Waals surface area contributed by atoms with Crippen LogP contribution in [0.5, 0.6) is 0 Å². The maximum atomic E-state index is 12.6. The van der Waals surface area contributed by atoms with Gasteiger partial charge in [-0.25, -0.2) is 9.97 Å². The van der Waals surface area contributed by atoms with Crippen LogP contribution in [0.2, 0.25) is 5.15 Å². The van der Waals surface area contributed by atoms with E-state index in [1.165, 1.54) is 6.07 Å². The highest BCUT2D eigenvalue weighted by Gasteiger charge is 2.35. The van der Waals surface area contributed by atoms with Gasteiger partial charge >= 0.3 is 6.18 Å². The Morgan fingerprint density at radius 2 is 1.89 bits per heavy atom. The van der Waals surface area contributed by atoms with Gasteiger partial charge in [0.1, 0.15) is 10.2 Å². The van der Waals surface area contributed by atoms with Gasteiger partial charge in [0.2, 0.25) is 5.82 Å². The summed E-state index contributed by atoms with van der Waals surface area (Å²) in [5.41, 5.74) is 1.01. The first-order valence-electron chi connectivity index (χ1n) is 5.21. The van der Waals surface area contributed by atoms with Gasteiger partial charge in [-0.2, -0.15) is 13.2 Å². The molecular weight excluding hydrogens is 297 g/mol. The van der Waals surface area contributed by atoms with Crippen LogP contribution < -0.4 is 0 Å². The number of aromatic nitrogens is 2. The summed E-state index contributed by atoms with van der Waals surface area (Å²) in [6, 6.07) is 8.68. The predicted molar refractivity (Wildman–Crippen MR) is 67.3 cm³/mol. The summed E-state index contributed by atoms with van der Waals surface area (Å²) in [6.07, 6.45) is -4.60. The number of alkyl halides is 3. The van der Waals surface area contributed by atoms with E-state index in [0.29, 0.717) is 0 Å². The van der Waals surface area contributed by atoms with Gasteiger partial charge in [-0.1, -0.05) is 41.1 Å². The molecule has 7 heteroatoms. The van der Waals surface area contributed by atoms with E-state index >= 15 is 0 Å². The van der Waals surface area contributed by atoms with Gasteiger partial charge < -0.3 is 0 Å². The second-order valence-electron chi connectivity index (χ2n) is 3.77. The predicted octanol–water partition coefficient (Wildman–Crippen LogP) is 4.61. The maximum Gasteiger partial charge on any atom is 0.451 e. The van der Waals surface area contributed by atoms with E-state index in [0.717, 1.165) is 22.2 Å². The second kappa shape index (κ2) is 5.38. The van der Waals surface area contributed by atoms with Crippen LogP contribution in [0.25, 0.3) is 0 Å². The SMILES string of the molecule is Cc1cccc(Sc2cc(Cl)nc(C(F)(F)F)n2)c1. The van der Waals surface area contributed by atoms with Crippen molar-refractivity contribution in [3.05, 3.63) is 46.9 Å². The third kappa shape index (κ3) is 3.84. The van der Waals surface area contributed by atoms with Crippen molar-refractivity contribution in [2.75, 3.05) is 0 Å². The van der Waals surface area contributed by atoms with Gasteiger partial charge in [-0.05, 0) is 19.1 Å². The minimum absolute atomic E-state index is 0.165. The Hall–Kier alpha value is -1.27. The molecule has 0 radical (unpaired) electrons. The van der Waals surface area contributed by atoms with Crippen molar-refractivity contribution < 1.29 is 13.2 Å². The molecule has 0 aliphatic rings. The number of benzene rings is 1. The van der Waals surface area contributed by atoms with E-state index in [4.69, 9.17) is 11.6 Å². The first-order chi connectivity index (χ1) is 8.84. The van der Waals surface area contributed by atoms with E-state index < -0.39 is 12.0 Å². The number of hydrogen-bond donors (Lipinski definition) is 0. The fraction of sp³-hybridized carbons (Fsp3) is 0.167. The highest BCUT2D eigenvalue weighted by Crippen LogP contribution is 2.32. The number of nitrogens with zero attached hydrogens (tertiary/aromatic N) is 2. The van der Waals surface area contributed by atoms with Crippen molar-refractivity contribution in [1.29, 1.82) is 0 Å². The Kier molecular flexibility index (Phi) is 4.01. The Balaban J connectivity index is 2.33. The number of halogens is 4. The molecule has 0 aliphatic carbocycles. The van der Waals surface area contributed by atoms with Crippen molar-refractivity contribution in [3.8, 4) is 0 Å². The lowest BCUT2D eigenvalue weighted by molar-refractivity contribution is -0.145. The van der Waals surface area contributed by atoms with E-state index in [1.807, 2.05) is 25.1 Å². The standard InChI is InChI=1S/C12H8ClF3N2S/c1-7-3-2-4-8(5-7)19-10-6-9(13)17-11(18-10)12(14,15)16/h2-6H,1H3. The molecule has 0 saturated carbocycles. The summed E-state index contributed by atoms with van der Waals surface area (Å²) in [5.74, 6) is -1.23. The molecule has 1 aromatic heterocycles. The molecule has 0 atom stereocenters. The molecule has 100 valence electrons. The minimum Gasteiger partial charge on any atom is -0.217 e. The van der Waals surface area contributed by atoms with Gasteiger partial charge in [0.05, 0.1) is 0 Å². The summed E-state index contributed by atoms with van der Waals surface area (Å²) in [5, 5.41) is -0.0598. The van der Waals surface area contributed by atoms with Crippen LogP contribution in [0, 0.1) is 6.92 Å². The maximum absolute atomic E-state index is 12.6. The largest absolute Gasteiger partial charge is 0.451 e. The molecule has 0 amide bonds. The van der Waals surface area contributed by atoms with Crippen LogP contribution >= 0.6 is 23.4 Å². The first-order valence-corrected chi connectivity index (χ1v) is 6.40. The molecule has 0 bridgehead atoms. The normalized spacial score (nSPS) is 11.6. The van der Waals surface area contributed by atoms with Gasteiger partial charge in [-0.15, -0.1) is 0 Å². The molecule has 1 heterocycles. The zero-order chi connectivity index (χ0) is 14.0. The lowest BCUT2D eigenvalue weighted by Gasteiger charge is -2.07. The van der Waals surface area contributed by atoms with Crippen LogP contribution in [-0.4, -0.2) is 9.97 Å². The van der Waals surface area contributed by atoms with Crippen LogP contribution in [0.1, 0.15) is 11.4 Å². The molecule has 1 aromatic carbocycles. The summed E-state index contributed by atoms with van der Waals surface area (Å²) in [6.45, 7) is 1.90. The van der Waals surface area contributed by atoms with E-state index in [2.05, 4.69) is 9.97 Å². The van der Waals surface area contributed by atoms with Gasteiger partial charge in [0.15, 0.2) is 0 Å². The molecule has 0 spiro atoms. The zero-order valence-electron chi connectivity index (χ0n) is 9.70. The monoisotopic (exact) mass is 304 g/mol. The van der Waals surface area contributed by atoms with Crippen molar-refractivity contribution in [1.82, 2.24) is 9.97 Å². The van der Waals surface area contributed by atoms with Crippen LogP contribution in [-0.2, 0) is 6.18 Å². The number of rotatable bonds is 2. The van der Waals surface area contributed by atoms with Crippen molar-refractivity contribution in [2.45, 2.75) is 23.0 Å². The Morgan fingerprint density at radius 3 is 2.53 bits per heavy atom. The summed E-state index contributed by atoms with van der Waals surface area (Å²) >= 11 is 6.70. The van der Waals surface area contributed by atoms with Crippen LogP contribution in [0.15, 0.2) is 40.3 Å². The van der Waals surface area contributed by atoms with Crippen LogP contribution in [0.3, 0.4) is 0 Å². The number of aryl methyl sites for hydroxylation is 1. The molecule has 2 aromatic rings.